The molecular weight excluding hydrogens is 343 g/mol. The molecule has 0 aromatic heterocycles. The first-order chi connectivity index (χ1) is 11.8. The van der Waals surface area contributed by atoms with Gasteiger partial charge < -0.3 is 5.32 Å². The van der Waals surface area contributed by atoms with E-state index < -0.39 is 28.3 Å². The molecule has 1 amide bonds. The van der Waals surface area contributed by atoms with Crippen LogP contribution in [0.2, 0.25) is 0 Å². The number of nitrogens with one attached hydrogen (secondary N) is 2. The highest BCUT2D eigenvalue weighted by atomic mass is 32.2. The van der Waals surface area contributed by atoms with E-state index in [0.29, 0.717) is 5.92 Å². The van der Waals surface area contributed by atoms with Gasteiger partial charge in [0.1, 0.15) is 5.82 Å². The second kappa shape index (κ2) is 8.22. The van der Waals surface area contributed by atoms with Crippen LogP contribution in [0.1, 0.15) is 31.7 Å². The number of anilines is 1. The number of carbonyl (C=O) groups excluding carboxylic acids is 1. The SMILES string of the molecule is CCC(C)c1ccc(S(=O)(=O)NCC(=O)Nc2cccc(F)c2)cc1. The Balaban J connectivity index is 1.97. The van der Waals surface area contributed by atoms with Crippen molar-refractivity contribution in [2.45, 2.75) is 31.1 Å². The van der Waals surface area contributed by atoms with Crippen LogP contribution < -0.4 is 10.0 Å². The smallest absolute Gasteiger partial charge is 0.241 e. The predicted octanol–water partition coefficient (Wildman–Crippen LogP) is 3.26. The summed E-state index contributed by atoms with van der Waals surface area (Å²) in [5, 5.41) is 2.43. The second-order valence-corrected chi connectivity index (χ2v) is 7.53. The van der Waals surface area contributed by atoms with E-state index in [-0.39, 0.29) is 10.6 Å². The first-order valence-corrected chi connectivity index (χ1v) is 9.45. The Kier molecular flexibility index (Phi) is 6.27. The summed E-state index contributed by atoms with van der Waals surface area (Å²) in [6, 6.07) is 12.0. The minimum Gasteiger partial charge on any atom is -0.325 e. The van der Waals surface area contributed by atoms with Gasteiger partial charge in [-0.2, -0.15) is 0 Å². The van der Waals surface area contributed by atoms with Gasteiger partial charge in [0, 0.05) is 5.69 Å². The van der Waals surface area contributed by atoms with Crippen LogP contribution >= 0.6 is 0 Å². The number of benzene rings is 2. The van der Waals surface area contributed by atoms with Crippen molar-refractivity contribution in [3.63, 3.8) is 0 Å². The van der Waals surface area contributed by atoms with Gasteiger partial charge in [-0.25, -0.2) is 17.5 Å². The van der Waals surface area contributed by atoms with Gasteiger partial charge in [-0.1, -0.05) is 32.0 Å². The van der Waals surface area contributed by atoms with Crippen LogP contribution in [0.15, 0.2) is 53.4 Å². The van der Waals surface area contributed by atoms with Crippen molar-refractivity contribution in [3.8, 4) is 0 Å². The van der Waals surface area contributed by atoms with Crippen LogP contribution in [0, 0.1) is 5.82 Å². The van der Waals surface area contributed by atoms with Gasteiger partial charge in [0.05, 0.1) is 11.4 Å². The first-order valence-electron chi connectivity index (χ1n) is 7.97. The van der Waals surface area contributed by atoms with Crippen molar-refractivity contribution in [3.05, 3.63) is 59.9 Å². The maximum atomic E-state index is 13.1. The number of carbonyl (C=O) groups is 1. The summed E-state index contributed by atoms with van der Waals surface area (Å²) in [6.07, 6.45) is 0.963. The molecular formula is C18H21FN2O3S. The van der Waals surface area contributed by atoms with Gasteiger partial charge in [-0.05, 0) is 48.2 Å². The first kappa shape index (κ1) is 19.1. The molecule has 0 aliphatic rings. The lowest BCUT2D eigenvalue weighted by Gasteiger charge is -2.11. The molecule has 0 aliphatic carbocycles. The number of rotatable bonds is 7. The van der Waals surface area contributed by atoms with Gasteiger partial charge in [0.2, 0.25) is 15.9 Å². The van der Waals surface area contributed by atoms with Crippen LogP contribution in [0.4, 0.5) is 10.1 Å². The van der Waals surface area contributed by atoms with E-state index in [1.54, 1.807) is 12.1 Å². The van der Waals surface area contributed by atoms with E-state index in [2.05, 4.69) is 23.9 Å². The summed E-state index contributed by atoms with van der Waals surface area (Å²) in [6.45, 7) is 3.69. The van der Waals surface area contributed by atoms with Gasteiger partial charge in [-0.3, -0.25) is 4.79 Å². The fraction of sp³-hybridized carbons (Fsp3) is 0.278. The van der Waals surface area contributed by atoms with E-state index in [1.807, 2.05) is 0 Å². The van der Waals surface area contributed by atoms with Crippen LogP contribution in [-0.4, -0.2) is 20.9 Å². The van der Waals surface area contributed by atoms with Crippen LogP contribution in [0.3, 0.4) is 0 Å². The number of sulfonamides is 1. The zero-order valence-corrected chi connectivity index (χ0v) is 14.9. The minimum atomic E-state index is -3.79. The maximum absolute atomic E-state index is 13.1. The molecule has 25 heavy (non-hydrogen) atoms. The molecule has 0 saturated heterocycles. The largest absolute Gasteiger partial charge is 0.325 e. The van der Waals surface area contributed by atoms with Gasteiger partial charge in [0.15, 0.2) is 0 Å². The molecule has 2 rings (SSSR count). The molecule has 2 aromatic carbocycles. The number of hydrogen-bond acceptors (Lipinski definition) is 3. The maximum Gasteiger partial charge on any atom is 0.241 e. The van der Waals surface area contributed by atoms with Crippen molar-refractivity contribution in [2.75, 3.05) is 11.9 Å². The molecule has 7 heteroatoms. The monoisotopic (exact) mass is 364 g/mol. The molecule has 0 heterocycles. The molecule has 1 unspecified atom stereocenters. The quantitative estimate of drug-likeness (QED) is 0.792. The summed E-state index contributed by atoms with van der Waals surface area (Å²) in [7, 11) is -3.79. The van der Waals surface area contributed by atoms with Gasteiger partial charge >= 0.3 is 0 Å². The third kappa shape index (κ3) is 5.37. The molecule has 0 bridgehead atoms. The van der Waals surface area contributed by atoms with Crippen molar-refractivity contribution in [1.29, 1.82) is 0 Å². The summed E-state index contributed by atoms with van der Waals surface area (Å²) in [5.41, 5.74) is 1.33. The number of hydrogen-bond donors (Lipinski definition) is 2. The van der Waals surface area contributed by atoms with Crippen LogP contribution in [0.5, 0.6) is 0 Å². The average Bonchev–Trinajstić information content (AvgIpc) is 2.59. The Labute approximate surface area is 147 Å². The molecule has 0 spiro atoms. The second-order valence-electron chi connectivity index (χ2n) is 5.76. The van der Waals surface area contributed by atoms with E-state index in [9.17, 15) is 17.6 Å². The lowest BCUT2D eigenvalue weighted by Crippen LogP contribution is -2.32. The van der Waals surface area contributed by atoms with Crippen molar-refractivity contribution in [2.24, 2.45) is 0 Å². The number of amides is 1. The number of halogens is 1. The normalized spacial score (nSPS) is 12.6. The third-order valence-corrected chi connectivity index (χ3v) is 5.32. The summed E-state index contributed by atoms with van der Waals surface area (Å²) >= 11 is 0. The lowest BCUT2D eigenvalue weighted by molar-refractivity contribution is -0.115. The highest BCUT2D eigenvalue weighted by molar-refractivity contribution is 7.89. The molecule has 134 valence electrons. The molecule has 0 aliphatic heterocycles. The zero-order chi connectivity index (χ0) is 18.4. The molecule has 2 aromatic rings. The summed E-state index contributed by atoms with van der Waals surface area (Å²) in [5.74, 6) is -0.716. The predicted molar refractivity (Wildman–Crippen MR) is 95.4 cm³/mol. The van der Waals surface area contributed by atoms with Crippen molar-refractivity contribution >= 4 is 21.6 Å². The standard InChI is InChI=1S/C18H21FN2O3S/c1-3-13(2)14-7-9-17(10-8-14)25(23,24)20-12-18(22)21-16-6-4-5-15(19)11-16/h4-11,13,20H,3,12H2,1-2H3,(H,21,22). The lowest BCUT2D eigenvalue weighted by atomic mass is 9.99. The molecule has 0 fully saturated rings. The van der Waals surface area contributed by atoms with Crippen LogP contribution in [-0.2, 0) is 14.8 Å². The van der Waals surface area contributed by atoms with Gasteiger partial charge in [-0.15, -0.1) is 0 Å². The zero-order valence-electron chi connectivity index (χ0n) is 14.1. The fourth-order valence-electron chi connectivity index (χ4n) is 2.23. The molecule has 5 nitrogen and oxygen atoms in total. The Morgan fingerprint density at radius 1 is 1.16 bits per heavy atom. The Bertz CT molecular complexity index is 836. The fourth-order valence-corrected chi connectivity index (χ4v) is 3.21. The Hall–Kier alpha value is -2.25. The van der Waals surface area contributed by atoms with E-state index in [1.165, 1.54) is 30.3 Å². The third-order valence-electron chi connectivity index (χ3n) is 3.90. The van der Waals surface area contributed by atoms with E-state index in [0.717, 1.165) is 18.1 Å². The van der Waals surface area contributed by atoms with E-state index in [4.69, 9.17) is 0 Å². The highest BCUT2D eigenvalue weighted by Gasteiger charge is 2.16. The molecule has 1 atom stereocenters. The average molecular weight is 364 g/mol. The van der Waals surface area contributed by atoms with Crippen molar-refractivity contribution < 1.29 is 17.6 Å². The topological polar surface area (TPSA) is 75.3 Å². The summed E-state index contributed by atoms with van der Waals surface area (Å²) < 4.78 is 39.8. The Morgan fingerprint density at radius 2 is 1.84 bits per heavy atom. The van der Waals surface area contributed by atoms with Crippen molar-refractivity contribution in [1.82, 2.24) is 4.72 Å². The van der Waals surface area contributed by atoms with Crippen LogP contribution in [0.25, 0.3) is 0 Å². The molecule has 2 N–H and O–H groups in total. The Morgan fingerprint density at radius 3 is 2.44 bits per heavy atom. The summed E-state index contributed by atoms with van der Waals surface area (Å²) in [4.78, 5) is 11.9. The minimum absolute atomic E-state index is 0.0955. The highest BCUT2D eigenvalue weighted by Crippen LogP contribution is 2.20. The van der Waals surface area contributed by atoms with Gasteiger partial charge in [0.25, 0.3) is 0 Å². The molecule has 0 radical (unpaired) electrons. The van der Waals surface area contributed by atoms with E-state index >= 15 is 0 Å². The molecule has 0 saturated carbocycles.